The zero-order valence-electron chi connectivity index (χ0n) is 14.8. The van der Waals surface area contributed by atoms with E-state index in [0.717, 1.165) is 22.5 Å². The third-order valence-electron chi connectivity index (χ3n) is 3.93. The van der Waals surface area contributed by atoms with Crippen LogP contribution >= 0.6 is 11.8 Å². The van der Waals surface area contributed by atoms with Gasteiger partial charge >= 0.3 is 0 Å². The van der Waals surface area contributed by atoms with Gasteiger partial charge in [0.05, 0.1) is 11.4 Å². The summed E-state index contributed by atoms with van der Waals surface area (Å²) in [5.41, 5.74) is 3.93. The molecule has 3 heterocycles. The van der Waals surface area contributed by atoms with Crippen molar-refractivity contribution in [2.45, 2.75) is 0 Å². The smallest absolute Gasteiger partial charge is 0.185 e. The van der Waals surface area contributed by atoms with Crippen molar-refractivity contribution in [2.24, 2.45) is 4.99 Å². The van der Waals surface area contributed by atoms with Crippen molar-refractivity contribution in [1.82, 2.24) is 30.1 Å². The SMILES string of the molecule is CSC(=Nc1cccc(-c2ccc3nnc(-c4ccncc4)n3n2)c1)NC#N. The van der Waals surface area contributed by atoms with Gasteiger partial charge in [0.1, 0.15) is 0 Å². The fourth-order valence-corrected chi connectivity index (χ4v) is 2.99. The number of aliphatic imine (C=N–C) groups is 1. The van der Waals surface area contributed by atoms with Crippen LogP contribution in [0, 0.1) is 11.5 Å². The molecule has 0 bridgehead atoms. The minimum atomic E-state index is 0.529. The molecule has 0 unspecified atom stereocenters. The number of benzene rings is 1. The lowest BCUT2D eigenvalue weighted by atomic mass is 10.1. The fraction of sp³-hybridized carbons (Fsp3) is 0.0526. The number of rotatable bonds is 3. The van der Waals surface area contributed by atoms with Crippen LogP contribution < -0.4 is 5.32 Å². The van der Waals surface area contributed by atoms with E-state index in [1.807, 2.05) is 61.0 Å². The first-order valence-corrected chi connectivity index (χ1v) is 9.52. The quantitative estimate of drug-likeness (QED) is 0.249. The summed E-state index contributed by atoms with van der Waals surface area (Å²) in [6, 6.07) is 15.2. The number of hydrogen-bond donors (Lipinski definition) is 1. The number of thioether (sulfide) groups is 1. The van der Waals surface area contributed by atoms with Crippen LogP contribution in [0.4, 0.5) is 5.69 Å². The summed E-state index contributed by atoms with van der Waals surface area (Å²) >= 11 is 1.37. The lowest BCUT2D eigenvalue weighted by molar-refractivity contribution is 0.941. The number of hydrogen-bond acceptors (Lipinski definition) is 7. The second-order valence-corrected chi connectivity index (χ2v) is 6.45. The van der Waals surface area contributed by atoms with Crippen LogP contribution in [0.25, 0.3) is 28.3 Å². The Morgan fingerprint density at radius 3 is 2.75 bits per heavy atom. The molecule has 4 aromatic rings. The molecule has 0 aliphatic heterocycles. The van der Waals surface area contributed by atoms with Gasteiger partial charge in [-0.15, -0.1) is 10.2 Å². The molecule has 28 heavy (non-hydrogen) atoms. The highest BCUT2D eigenvalue weighted by Gasteiger charge is 2.11. The van der Waals surface area contributed by atoms with E-state index in [-0.39, 0.29) is 0 Å². The number of nitrogens with zero attached hydrogens (tertiary/aromatic N) is 7. The van der Waals surface area contributed by atoms with Gasteiger partial charge in [0.25, 0.3) is 0 Å². The highest BCUT2D eigenvalue weighted by atomic mass is 32.2. The molecule has 1 N–H and O–H groups in total. The molecule has 8 nitrogen and oxygen atoms in total. The van der Waals surface area contributed by atoms with Gasteiger partial charge in [-0.3, -0.25) is 10.3 Å². The van der Waals surface area contributed by atoms with Crippen LogP contribution in [0.1, 0.15) is 0 Å². The summed E-state index contributed by atoms with van der Waals surface area (Å²) < 4.78 is 1.71. The van der Waals surface area contributed by atoms with Crippen molar-refractivity contribution >= 4 is 28.3 Å². The molecule has 0 aliphatic rings. The molecular weight excluding hydrogens is 372 g/mol. The molecule has 9 heteroatoms. The standard InChI is InChI=1S/C19H14N8S/c1-28-19(22-12-20)23-15-4-2-3-14(11-15)16-5-6-17-24-25-18(27(17)26-16)13-7-9-21-10-8-13/h2-11H,1H3,(H,22,23). The molecule has 136 valence electrons. The number of fused-ring (bicyclic) bond motifs is 1. The number of aromatic nitrogens is 5. The molecular formula is C19H14N8S. The predicted molar refractivity (Wildman–Crippen MR) is 109 cm³/mol. The summed E-state index contributed by atoms with van der Waals surface area (Å²) in [6.45, 7) is 0. The minimum absolute atomic E-state index is 0.529. The molecule has 0 amide bonds. The largest absolute Gasteiger partial charge is 0.271 e. The topological polar surface area (TPSA) is 104 Å². The second kappa shape index (κ2) is 7.85. The molecule has 0 saturated carbocycles. The van der Waals surface area contributed by atoms with Gasteiger partial charge in [-0.05, 0) is 42.7 Å². The molecule has 0 spiro atoms. The Morgan fingerprint density at radius 2 is 1.96 bits per heavy atom. The summed E-state index contributed by atoms with van der Waals surface area (Å²) in [7, 11) is 0. The summed E-state index contributed by atoms with van der Waals surface area (Å²) in [5, 5.41) is 25.0. The van der Waals surface area contributed by atoms with Gasteiger partial charge in [0, 0.05) is 23.5 Å². The third-order valence-corrected chi connectivity index (χ3v) is 4.51. The van der Waals surface area contributed by atoms with Crippen LogP contribution in [0.2, 0.25) is 0 Å². The molecule has 1 aromatic carbocycles. The monoisotopic (exact) mass is 386 g/mol. The number of pyridine rings is 1. The Labute approximate surface area is 165 Å². The van der Waals surface area contributed by atoms with E-state index in [2.05, 4.69) is 25.5 Å². The van der Waals surface area contributed by atoms with Crippen molar-refractivity contribution in [1.29, 1.82) is 5.26 Å². The Hall–Kier alpha value is -3.77. The molecule has 0 radical (unpaired) electrons. The molecule has 0 saturated heterocycles. The van der Waals surface area contributed by atoms with E-state index in [1.165, 1.54) is 11.8 Å². The van der Waals surface area contributed by atoms with Crippen molar-refractivity contribution in [3.05, 3.63) is 60.9 Å². The lowest BCUT2D eigenvalue weighted by Gasteiger charge is -2.05. The Morgan fingerprint density at radius 1 is 1.11 bits per heavy atom. The lowest BCUT2D eigenvalue weighted by Crippen LogP contribution is -2.12. The van der Waals surface area contributed by atoms with E-state index >= 15 is 0 Å². The zero-order chi connectivity index (χ0) is 19.3. The van der Waals surface area contributed by atoms with Gasteiger partial charge in [-0.1, -0.05) is 23.9 Å². The maximum Gasteiger partial charge on any atom is 0.185 e. The van der Waals surface area contributed by atoms with Gasteiger partial charge in [-0.2, -0.15) is 14.9 Å². The first-order valence-electron chi connectivity index (χ1n) is 8.29. The normalized spacial score (nSPS) is 11.4. The van der Waals surface area contributed by atoms with E-state index in [1.54, 1.807) is 16.9 Å². The Bertz CT molecular complexity index is 1190. The second-order valence-electron chi connectivity index (χ2n) is 5.66. The highest BCUT2D eigenvalue weighted by Crippen LogP contribution is 2.25. The van der Waals surface area contributed by atoms with Gasteiger partial charge in [0.2, 0.25) is 0 Å². The van der Waals surface area contributed by atoms with E-state index in [4.69, 9.17) is 10.4 Å². The number of nitrogens with one attached hydrogen (secondary N) is 1. The summed E-state index contributed by atoms with van der Waals surface area (Å²) in [5.74, 6) is 0.649. The average molecular weight is 386 g/mol. The van der Waals surface area contributed by atoms with Crippen LogP contribution in [-0.2, 0) is 0 Å². The van der Waals surface area contributed by atoms with Crippen molar-refractivity contribution < 1.29 is 0 Å². The number of amidine groups is 1. The van der Waals surface area contributed by atoms with Crippen LogP contribution in [0.15, 0.2) is 65.9 Å². The van der Waals surface area contributed by atoms with Crippen LogP contribution in [-0.4, -0.2) is 36.2 Å². The first-order chi connectivity index (χ1) is 13.8. The molecule has 4 rings (SSSR count). The van der Waals surface area contributed by atoms with E-state index in [9.17, 15) is 0 Å². The molecule has 3 aromatic heterocycles. The maximum absolute atomic E-state index is 8.79. The fourth-order valence-electron chi connectivity index (χ4n) is 2.65. The van der Waals surface area contributed by atoms with Crippen molar-refractivity contribution in [3.8, 4) is 28.8 Å². The van der Waals surface area contributed by atoms with Crippen molar-refractivity contribution in [3.63, 3.8) is 0 Å². The molecule has 0 aliphatic carbocycles. The first kappa shape index (κ1) is 17.6. The van der Waals surface area contributed by atoms with E-state index in [0.29, 0.717) is 16.6 Å². The molecule has 0 atom stereocenters. The predicted octanol–water partition coefficient (Wildman–Crippen LogP) is 3.27. The highest BCUT2D eigenvalue weighted by molar-refractivity contribution is 8.13. The third kappa shape index (κ3) is 3.54. The Kier molecular flexibility index (Phi) is 4.95. The van der Waals surface area contributed by atoms with E-state index < -0.39 is 0 Å². The summed E-state index contributed by atoms with van der Waals surface area (Å²) in [4.78, 5) is 8.49. The summed E-state index contributed by atoms with van der Waals surface area (Å²) in [6.07, 6.45) is 7.16. The number of nitriles is 1. The minimum Gasteiger partial charge on any atom is -0.271 e. The zero-order valence-corrected chi connectivity index (χ0v) is 15.6. The maximum atomic E-state index is 8.79. The van der Waals surface area contributed by atoms with Gasteiger partial charge < -0.3 is 0 Å². The van der Waals surface area contributed by atoms with Crippen LogP contribution in [0.5, 0.6) is 0 Å². The van der Waals surface area contributed by atoms with Gasteiger partial charge in [-0.25, -0.2) is 4.99 Å². The average Bonchev–Trinajstić information content (AvgIpc) is 3.17. The van der Waals surface area contributed by atoms with Crippen molar-refractivity contribution in [2.75, 3.05) is 6.26 Å². The molecule has 0 fully saturated rings. The van der Waals surface area contributed by atoms with Gasteiger partial charge in [0.15, 0.2) is 22.8 Å². The Balaban J connectivity index is 1.76. The van der Waals surface area contributed by atoms with Crippen LogP contribution in [0.3, 0.4) is 0 Å².